The number of fused-ring (bicyclic) bond motifs is 2. The van der Waals surface area contributed by atoms with E-state index in [-0.39, 0.29) is 31.3 Å². The van der Waals surface area contributed by atoms with Gasteiger partial charge in [-0.25, -0.2) is 14.6 Å². The molecule has 1 atom stereocenters. The molecule has 2 aliphatic heterocycles. The molecule has 2 aromatic heterocycles. The topological polar surface area (TPSA) is 190 Å². The summed E-state index contributed by atoms with van der Waals surface area (Å²) in [4.78, 5) is 50.5. The molecule has 61 heavy (non-hydrogen) atoms. The van der Waals surface area contributed by atoms with Crippen LogP contribution in [0.2, 0.25) is 0 Å². The lowest BCUT2D eigenvalue weighted by Gasteiger charge is -2.32. The van der Waals surface area contributed by atoms with Gasteiger partial charge in [-0.1, -0.05) is 18.2 Å². The summed E-state index contributed by atoms with van der Waals surface area (Å²) in [6.07, 6.45) is 6.21. The first kappa shape index (κ1) is 43.0. The minimum atomic E-state index is -0.913. The summed E-state index contributed by atoms with van der Waals surface area (Å²) >= 11 is 0. The largest absolute Gasteiger partial charge is 0.494 e. The van der Waals surface area contributed by atoms with Gasteiger partial charge in [-0.3, -0.25) is 14.4 Å². The zero-order chi connectivity index (χ0) is 42.9. The Labute approximate surface area is 356 Å². The van der Waals surface area contributed by atoms with Crippen molar-refractivity contribution in [3.05, 3.63) is 90.3 Å². The maximum atomic E-state index is 13.2. The summed E-state index contributed by atoms with van der Waals surface area (Å²) < 4.78 is 25.4. The summed E-state index contributed by atoms with van der Waals surface area (Å²) in [5, 5.41) is 5.83. The standard InChI is InChI=1S/C46H56N8O7/c1-46(2,3)61-39(55)19-18-38(43(48)56)53-29-32-28-36(16-17-37(32)45(53)57)59-26-9-5-8-25-58-27-24-52-22-20-33(21-23-52)54-44-40(42(47)49-30-50-44)41(51-54)31-12-14-35(15-13-31)60-34-10-6-4-7-11-34/h4,6-7,10-17,28,30,33,38H,5,8-9,18-27,29H2,1-3H3,(H2,48,56)(H2,47,49,50). The fourth-order valence-corrected chi connectivity index (χ4v) is 7.87. The van der Waals surface area contributed by atoms with Crippen molar-refractivity contribution in [1.82, 2.24) is 29.5 Å². The van der Waals surface area contributed by atoms with E-state index >= 15 is 0 Å². The van der Waals surface area contributed by atoms with Crippen LogP contribution in [0, 0.1) is 0 Å². The van der Waals surface area contributed by atoms with Crippen LogP contribution < -0.4 is 20.9 Å². The number of nitrogens with zero attached hydrogens (tertiary/aromatic N) is 6. The third kappa shape index (κ3) is 11.0. The molecule has 2 aliphatic rings. The van der Waals surface area contributed by atoms with Gasteiger partial charge < -0.3 is 40.2 Å². The number of hydrogen-bond donors (Lipinski definition) is 2. The first-order valence-corrected chi connectivity index (χ1v) is 21.1. The van der Waals surface area contributed by atoms with Crippen molar-refractivity contribution >= 4 is 34.6 Å². The van der Waals surface area contributed by atoms with Crippen molar-refractivity contribution in [1.29, 1.82) is 0 Å². The van der Waals surface area contributed by atoms with Crippen LogP contribution in [0.25, 0.3) is 22.3 Å². The molecule has 0 saturated carbocycles. The van der Waals surface area contributed by atoms with Crippen LogP contribution in [-0.4, -0.2) is 98.4 Å². The van der Waals surface area contributed by atoms with Gasteiger partial charge in [-0.05, 0) is 119 Å². The number of carbonyl (C=O) groups is 3. The number of hydrogen-bond acceptors (Lipinski definition) is 12. The van der Waals surface area contributed by atoms with E-state index in [0.717, 1.165) is 91.1 Å². The van der Waals surface area contributed by atoms with Gasteiger partial charge in [-0.15, -0.1) is 0 Å². The van der Waals surface area contributed by atoms with Crippen LogP contribution in [-0.2, 0) is 25.6 Å². The average Bonchev–Trinajstić information content (AvgIpc) is 3.78. The Morgan fingerprint density at radius 1 is 0.885 bits per heavy atom. The summed E-state index contributed by atoms with van der Waals surface area (Å²) in [6.45, 7) is 10.2. The number of nitrogen functional groups attached to an aromatic ring is 1. The first-order valence-electron chi connectivity index (χ1n) is 21.1. The minimum Gasteiger partial charge on any atom is -0.494 e. The number of carbonyl (C=O) groups excluding carboxylic acids is 3. The Morgan fingerprint density at radius 3 is 2.34 bits per heavy atom. The Morgan fingerprint density at radius 2 is 1.61 bits per heavy atom. The molecular weight excluding hydrogens is 777 g/mol. The highest BCUT2D eigenvalue weighted by molar-refractivity contribution is 6.01. The third-order valence-electron chi connectivity index (χ3n) is 10.9. The summed E-state index contributed by atoms with van der Waals surface area (Å²) in [5.41, 5.74) is 15.1. The van der Waals surface area contributed by atoms with Crippen molar-refractivity contribution in [3.8, 4) is 28.5 Å². The summed E-state index contributed by atoms with van der Waals surface area (Å²) in [6, 6.07) is 22.2. The van der Waals surface area contributed by atoms with Crippen molar-refractivity contribution in [2.75, 3.05) is 45.2 Å². The Bertz CT molecular complexity index is 2290. The van der Waals surface area contributed by atoms with E-state index < -0.39 is 23.5 Å². The maximum Gasteiger partial charge on any atom is 0.306 e. The number of piperidine rings is 1. The van der Waals surface area contributed by atoms with E-state index in [1.807, 2.05) is 65.3 Å². The Kier molecular flexibility index (Phi) is 13.8. The number of rotatable bonds is 19. The second-order valence-corrected chi connectivity index (χ2v) is 16.6. The Hall–Kier alpha value is -6.06. The lowest BCUT2D eigenvalue weighted by Crippen LogP contribution is -2.45. The van der Waals surface area contributed by atoms with Crippen LogP contribution in [0.4, 0.5) is 5.82 Å². The quantitative estimate of drug-likeness (QED) is 0.0663. The van der Waals surface area contributed by atoms with Gasteiger partial charge in [0.05, 0.1) is 24.6 Å². The van der Waals surface area contributed by atoms with Crippen molar-refractivity contribution in [3.63, 3.8) is 0 Å². The van der Waals surface area contributed by atoms with Crippen LogP contribution in [0.3, 0.4) is 0 Å². The smallest absolute Gasteiger partial charge is 0.306 e. The number of likely N-dealkylation sites (tertiary alicyclic amines) is 1. The second kappa shape index (κ2) is 19.5. The fraction of sp³-hybridized carbons (Fsp3) is 0.435. The summed E-state index contributed by atoms with van der Waals surface area (Å²) in [7, 11) is 0. The number of esters is 1. The highest BCUT2D eigenvalue weighted by Crippen LogP contribution is 2.35. The third-order valence-corrected chi connectivity index (χ3v) is 10.9. The number of aromatic nitrogens is 4. The molecule has 1 unspecified atom stereocenters. The molecule has 0 radical (unpaired) electrons. The van der Waals surface area contributed by atoms with Crippen molar-refractivity contribution < 1.29 is 33.3 Å². The Balaban J connectivity index is 0.796. The summed E-state index contributed by atoms with van der Waals surface area (Å²) in [5.74, 6) is 1.21. The van der Waals surface area contributed by atoms with Gasteiger partial charge in [0.1, 0.15) is 46.7 Å². The van der Waals surface area contributed by atoms with Gasteiger partial charge in [0.15, 0.2) is 5.65 Å². The number of anilines is 1. The van der Waals surface area contributed by atoms with E-state index in [4.69, 9.17) is 35.5 Å². The van der Waals surface area contributed by atoms with Crippen molar-refractivity contribution in [2.24, 2.45) is 5.73 Å². The van der Waals surface area contributed by atoms with E-state index in [1.165, 1.54) is 11.2 Å². The van der Waals surface area contributed by atoms with Gasteiger partial charge in [0, 0.05) is 50.3 Å². The monoisotopic (exact) mass is 832 g/mol. The highest BCUT2D eigenvalue weighted by Gasteiger charge is 2.36. The molecule has 1 fully saturated rings. The molecule has 322 valence electrons. The van der Waals surface area contributed by atoms with E-state index in [2.05, 4.69) is 14.9 Å². The number of ether oxygens (including phenoxy) is 4. The fourth-order valence-electron chi connectivity index (χ4n) is 7.87. The normalized spacial score (nSPS) is 15.2. The molecule has 4 N–H and O–H groups in total. The minimum absolute atomic E-state index is 0.0195. The zero-order valence-corrected chi connectivity index (χ0v) is 35.3. The molecule has 7 rings (SSSR count). The molecule has 15 heteroatoms. The van der Waals surface area contributed by atoms with Crippen LogP contribution >= 0.6 is 0 Å². The lowest BCUT2D eigenvalue weighted by molar-refractivity contribution is -0.155. The van der Waals surface area contributed by atoms with Gasteiger partial charge in [0.25, 0.3) is 5.91 Å². The number of primary amides is 1. The van der Waals surface area contributed by atoms with Crippen molar-refractivity contribution in [2.45, 2.75) is 89.9 Å². The predicted octanol–water partition coefficient (Wildman–Crippen LogP) is 6.70. The van der Waals surface area contributed by atoms with Gasteiger partial charge >= 0.3 is 5.97 Å². The molecule has 0 spiro atoms. The number of nitrogens with two attached hydrogens (primary N) is 2. The number of unbranched alkanes of at least 4 members (excludes halogenated alkanes) is 2. The van der Waals surface area contributed by atoms with Crippen LogP contribution in [0.5, 0.6) is 17.2 Å². The lowest BCUT2D eigenvalue weighted by atomic mass is 10.1. The predicted molar refractivity (Wildman–Crippen MR) is 231 cm³/mol. The van der Waals surface area contributed by atoms with Crippen LogP contribution in [0.15, 0.2) is 79.1 Å². The highest BCUT2D eigenvalue weighted by atomic mass is 16.6. The molecule has 0 aliphatic carbocycles. The molecule has 5 aromatic rings. The molecule has 3 aromatic carbocycles. The van der Waals surface area contributed by atoms with E-state index in [9.17, 15) is 14.4 Å². The van der Waals surface area contributed by atoms with Gasteiger partial charge in [-0.2, -0.15) is 5.10 Å². The molecule has 2 amide bonds. The maximum absolute atomic E-state index is 13.2. The molecule has 15 nitrogen and oxygen atoms in total. The SMILES string of the molecule is CC(C)(C)OC(=O)CCC(C(N)=O)N1Cc2cc(OCCCCCOCCN3CCC(n4nc(-c5ccc(Oc6ccccc6)cc5)c5c(N)ncnc54)CC3)ccc2C1=O. The molecular formula is C46H56N8O7. The molecule has 1 saturated heterocycles. The average molecular weight is 833 g/mol. The first-order chi connectivity index (χ1) is 29.4. The van der Waals surface area contributed by atoms with Gasteiger partial charge in [0.2, 0.25) is 5.91 Å². The molecule has 0 bridgehead atoms. The van der Waals surface area contributed by atoms with Crippen LogP contribution in [0.1, 0.15) is 87.7 Å². The van der Waals surface area contributed by atoms with E-state index in [1.54, 1.807) is 32.9 Å². The van der Waals surface area contributed by atoms with E-state index in [0.29, 0.717) is 37.0 Å². The number of benzene rings is 3. The zero-order valence-electron chi connectivity index (χ0n) is 35.3. The number of para-hydroxylation sites is 1. The molecule has 4 heterocycles. The second-order valence-electron chi connectivity index (χ2n) is 16.6. The number of amides is 2.